The van der Waals surface area contributed by atoms with E-state index in [0.717, 1.165) is 12.8 Å². The van der Waals surface area contributed by atoms with Crippen LogP contribution in [0.1, 0.15) is 41.7 Å². The van der Waals surface area contributed by atoms with Gasteiger partial charge in [-0.15, -0.1) is 68.7 Å². The molecule has 200 valence electrons. The molecule has 0 atom stereocenters. The normalized spacial score (nSPS) is 10.7. The maximum atomic E-state index is 2.32. The maximum absolute atomic E-state index is 2.32. The molecule has 0 radical (unpaired) electrons. The predicted molar refractivity (Wildman–Crippen MR) is 176 cm³/mol. The number of fused-ring (bicyclic) bond motifs is 4. The van der Waals surface area contributed by atoms with Crippen molar-refractivity contribution in [2.75, 3.05) is 0 Å². The molecule has 7 rings (SSSR count). The van der Waals surface area contributed by atoms with Gasteiger partial charge in [0.2, 0.25) is 0 Å². The van der Waals surface area contributed by atoms with Crippen molar-refractivity contribution in [3.63, 3.8) is 0 Å². The minimum absolute atomic E-state index is 1.11. The Morgan fingerprint density at radius 2 is 1.10 bits per heavy atom. The van der Waals surface area contributed by atoms with Crippen LogP contribution in [0.5, 0.6) is 0 Å². The van der Waals surface area contributed by atoms with Crippen LogP contribution < -0.4 is 0 Å². The molecule has 0 aliphatic heterocycles. The van der Waals surface area contributed by atoms with Gasteiger partial charge in [-0.2, -0.15) is 12.1 Å². The van der Waals surface area contributed by atoms with Crippen LogP contribution in [0.25, 0.3) is 32.3 Å². The zero-order valence-corrected chi connectivity index (χ0v) is 26.7. The second kappa shape index (κ2) is 13.8. The summed E-state index contributed by atoms with van der Waals surface area (Å²) >= 11 is 1.46. The van der Waals surface area contributed by atoms with Crippen LogP contribution in [0.4, 0.5) is 0 Å². The van der Waals surface area contributed by atoms with E-state index in [9.17, 15) is 0 Å². The van der Waals surface area contributed by atoms with Crippen LogP contribution in [-0.4, -0.2) is 3.21 Å². The summed E-state index contributed by atoms with van der Waals surface area (Å²) in [6.07, 6.45) is 2.22. The first-order valence-corrected chi connectivity index (χ1v) is 15.7. The third-order valence-corrected chi connectivity index (χ3v) is 9.09. The van der Waals surface area contributed by atoms with E-state index in [1.54, 1.807) is 0 Å². The van der Waals surface area contributed by atoms with Crippen molar-refractivity contribution < 1.29 is 24.2 Å². The van der Waals surface area contributed by atoms with Gasteiger partial charge in [-0.25, -0.2) is 0 Å². The van der Waals surface area contributed by atoms with E-state index < -0.39 is 0 Å². The number of aryl methyl sites for hydroxylation is 3. The summed E-state index contributed by atoms with van der Waals surface area (Å²) in [7, 11) is 0. The van der Waals surface area contributed by atoms with Crippen molar-refractivity contribution in [2.24, 2.45) is 0 Å². The summed E-state index contributed by atoms with van der Waals surface area (Å²) in [5.41, 5.74) is 6.86. The molecule has 0 aliphatic rings. The Morgan fingerprint density at radius 3 is 1.59 bits per heavy atom. The van der Waals surface area contributed by atoms with Gasteiger partial charge >= 0.3 is 99.2 Å². The van der Waals surface area contributed by atoms with Crippen molar-refractivity contribution in [1.29, 1.82) is 0 Å². The molecule has 0 spiro atoms. The fourth-order valence-electron chi connectivity index (χ4n) is 5.26. The second-order valence-electron chi connectivity index (χ2n) is 10.4. The standard InChI is InChI=1S/C17H17.C13H10.C10H9.Zr/c1-3-12-5-7-16-14(9-12)11-15-10-13(4-2)6-8-17(15)16;1-3-7-12(8-4-1)11-13-9-5-2-6-10-13;1-8-4-2-5-9-6-3-7-10(8)9;/h5-11H,3-4H2,1-2H3;1-10H;2-7H,1H3;/q-1;;-1;+2. The first-order valence-electron chi connectivity index (χ1n) is 14.5. The summed E-state index contributed by atoms with van der Waals surface area (Å²) in [4.78, 5) is 0. The molecule has 0 fully saturated rings. The van der Waals surface area contributed by atoms with Crippen molar-refractivity contribution in [2.45, 2.75) is 33.6 Å². The average Bonchev–Trinajstić information content (AvgIpc) is 3.67. The fraction of sp³-hybridized carbons (Fsp3) is 0.125. The van der Waals surface area contributed by atoms with Gasteiger partial charge in [0.25, 0.3) is 0 Å². The minimum atomic E-state index is 1.11. The Bertz CT molecular complexity index is 1770. The van der Waals surface area contributed by atoms with E-state index >= 15 is 0 Å². The van der Waals surface area contributed by atoms with Gasteiger partial charge in [-0.3, -0.25) is 0 Å². The van der Waals surface area contributed by atoms with E-state index in [4.69, 9.17) is 0 Å². The molecule has 0 nitrogen and oxygen atoms in total. The number of benzene rings is 5. The predicted octanol–water partition coefficient (Wildman–Crippen LogP) is 10.5. The quantitative estimate of drug-likeness (QED) is 0.175. The van der Waals surface area contributed by atoms with E-state index in [0.29, 0.717) is 0 Å². The molecule has 7 aromatic rings. The molecule has 7 aromatic carbocycles. The SMILES string of the molecule is CCc1ccc2c(c1)[cH-]c1cc(CC)ccc12.Cc1cccc2[cH-]ccc12.[Zr+2]=[C](c1ccccc1)c1ccccc1. The van der Waals surface area contributed by atoms with Crippen LogP contribution in [0.15, 0.2) is 140 Å². The Balaban J connectivity index is 0.000000128. The van der Waals surface area contributed by atoms with Crippen molar-refractivity contribution in [3.8, 4) is 0 Å². The summed E-state index contributed by atoms with van der Waals surface area (Å²) in [6.45, 7) is 6.56. The Hall–Kier alpha value is -3.67. The molecule has 0 saturated heterocycles. The third-order valence-electron chi connectivity index (χ3n) is 7.67. The van der Waals surface area contributed by atoms with Crippen LogP contribution in [0.3, 0.4) is 0 Å². The summed E-state index contributed by atoms with van der Waals surface area (Å²) < 4.78 is 1.42. The Morgan fingerprint density at radius 1 is 0.561 bits per heavy atom. The van der Waals surface area contributed by atoms with Gasteiger partial charge in [-0.05, 0) is 19.8 Å². The topological polar surface area (TPSA) is 0 Å². The summed E-state index contributed by atoms with van der Waals surface area (Å²) in [5.74, 6) is 0. The molecule has 0 saturated carbocycles. The van der Waals surface area contributed by atoms with Gasteiger partial charge in [0, 0.05) is 0 Å². The Labute approximate surface area is 259 Å². The van der Waals surface area contributed by atoms with Gasteiger partial charge < -0.3 is 0 Å². The molecule has 0 heterocycles. The van der Waals surface area contributed by atoms with Gasteiger partial charge in [0.15, 0.2) is 0 Å². The first-order chi connectivity index (χ1) is 20.1. The molecule has 0 bridgehead atoms. The molecule has 0 amide bonds. The molecular weight excluding hydrogens is 572 g/mol. The van der Waals surface area contributed by atoms with E-state index in [1.807, 2.05) is 0 Å². The van der Waals surface area contributed by atoms with E-state index in [-0.39, 0.29) is 0 Å². The van der Waals surface area contributed by atoms with E-state index in [2.05, 4.69) is 160 Å². The van der Waals surface area contributed by atoms with Crippen LogP contribution in [0.2, 0.25) is 0 Å². The molecule has 0 aromatic heterocycles. The first kappa shape index (κ1) is 28.8. The molecule has 41 heavy (non-hydrogen) atoms. The fourth-order valence-corrected chi connectivity index (χ4v) is 6.08. The molecule has 0 N–H and O–H groups in total. The molecule has 0 unspecified atom stereocenters. The van der Waals surface area contributed by atoms with Gasteiger partial charge in [-0.1, -0.05) is 60.9 Å². The van der Waals surface area contributed by atoms with Gasteiger partial charge in [0.05, 0.1) is 0 Å². The number of rotatable bonds is 4. The van der Waals surface area contributed by atoms with Crippen molar-refractivity contribution in [3.05, 3.63) is 167 Å². The van der Waals surface area contributed by atoms with Crippen LogP contribution in [0, 0.1) is 6.92 Å². The number of hydrogen-bond donors (Lipinski definition) is 0. The third kappa shape index (κ3) is 6.98. The molecule has 0 aliphatic carbocycles. The summed E-state index contributed by atoms with van der Waals surface area (Å²) in [6, 6.07) is 49.9. The molecule has 1 heteroatoms. The van der Waals surface area contributed by atoms with Crippen molar-refractivity contribution in [1.82, 2.24) is 0 Å². The van der Waals surface area contributed by atoms with E-state index in [1.165, 1.54) is 87.6 Å². The monoisotopic (exact) mass is 606 g/mol. The second-order valence-corrected chi connectivity index (χ2v) is 11.6. The number of hydrogen-bond acceptors (Lipinski definition) is 0. The molecular formula is C40H36Zr. The van der Waals surface area contributed by atoms with Crippen LogP contribution in [-0.2, 0) is 37.1 Å². The summed E-state index contributed by atoms with van der Waals surface area (Å²) in [5, 5.41) is 8.27. The zero-order valence-electron chi connectivity index (χ0n) is 24.2. The Kier molecular flexibility index (Phi) is 9.71. The van der Waals surface area contributed by atoms with Gasteiger partial charge in [0.1, 0.15) is 0 Å². The van der Waals surface area contributed by atoms with Crippen LogP contribution >= 0.6 is 0 Å². The van der Waals surface area contributed by atoms with Crippen molar-refractivity contribution >= 4 is 35.5 Å². The zero-order chi connectivity index (χ0) is 28.6. The average molecular weight is 608 g/mol.